The standard InChI is InChI=1S/C24H30N6O2/c1-15-21(16(2)29-28-15)17-9-11-19(12-10-17)26-24(32)22(18-7-5-4-6-8-18)27-23(31)20-13-25-14-30(20)3/h9-14,18,22H,4-8H2,1-3H3,(H,26,32)(H,27,31)(H,28,29)/t22-/m0/s1. The van der Waals surface area contributed by atoms with Gasteiger partial charge in [0, 0.05) is 24.0 Å². The van der Waals surface area contributed by atoms with Gasteiger partial charge in [-0.15, -0.1) is 0 Å². The van der Waals surface area contributed by atoms with Crippen molar-refractivity contribution in [1.29, 1.82) is 0 Å². The smallest absolute Gasteiger partial charge is 0.270 e. The van der Waals surface area contributed by atoms with Crippen LogP contribution in [0.15, 0.2) is 36.8 Å². The van der Waals surface area contributed by atoms with Gasteiger partial charge in [-0.25, -0.2) is 4.98 Å². The van der Waals surface area contributed by atoms with Crippen molar-refractivity contribution < 1.29 is 9.59 Å². The summed E-state index contributed by atoms with van der Waals surface area (Å²) in [5.74, 6) is -0.343. The molecule has 0 unspecified atom stereocenters. The molecule has 0 saturated heterocycles. The van der Waals surface area contributed by atoms with Crippen molar-refractivity contribution in [3.63, 3.8) is 0 Å². The highest BCUT2D eigenvalue weighted by atomic mass is 16.2. The number of imidazole rings is 1. The van der Waals surface area contributed by atoms with Gasteiger partial charge in [-0.1, -0.05) is 31.4 Å². The van der Waals surface area contributed by atoms with Crippen LogP contribution >= 0.6 is 0 Å². The van der Waals surface area contributed by atoms with Crippen molar-refractivity contribution in [2.24, 2.45) is 13.0 Å². The number of benzene rings is 1. The number of H-pyrrole nitrogens is 1. The Morgan fingerprint density at radius 2 is 1.84 bits per heavy atom. The van der Waals surface area contributed by atoms with Crippen LogP contribution in [0, 0.1) is 19.8 Å². The van der Waals surface area contributed by atoms with E-state index in [-0.39, 0.29) is 17.7 Å². The zero-order valence-electron chi connectivity index (χ0n) is 18.8. The van der Waals surface area contributed by atoms with Gasteiger partial charge in [-0.05, 0) is 50.3 Å². The summed E-state index contributed by atoms with van der Waals surface area (Å²) in [5, 5.41) is 13.2. The molecule has 1 fully saturated rings. The molecule has 1 aliphatic rings. The number of rotatable bonds is 6. The van der Waals surface area contributed by atoms with Crippen LogP contribution in [-0.4, -0.2) is 37.6 Å². The number of nitrogens with one attached hydrogen (secondary N) is 3. The van der Waals surface area contributed by atoms with Crippen molar-refractivity contribution >= 4 is 17.5 Å². The van der Waals surface area contributed by atoms with E-state index in [1.165, 1.54) is 12.6 Å². The largest absolute Gasteiger partial charge is 0.339 e. The van der Waals surface area contributed by atoms with Crippen molar-refractivity contribution in [3.05, 3.63) is 53.9 Å². The second-order valence-corrected chi connectivity index (χ2v) is 8.61. The molecule has 1 aromatic carbocycles. The Hall–Kier alpha value is -3.42. The first-order valence-corrected chi connectivity index (χ1v) is 11.1. The molecule has 8 heteroatoms. The van der Waals surface area contributed by atoms with Crippen LogP contribution < -0.4 is 10.6 Å². The Bertz CT molecular complexity index is 1070. The minimum atomic E-state index is -0.587. The molecule has 1 saturated carbocycles. The molecule has 8 nitrogen and oxygen atoms in total. The molecule has 1 atom stereocenters. The maximum absolute atomic E-state index is 13.3. The van der Waals surface area contributed by atoms with Gasteiger partial charge in [0.15, 0.2) is 0 Å². The first-order chi connectivity index (χ1) is 15.4. The predicted octanol–water partition coefficient (Wildman–Crippen LogP) is 3.74. The highest BCUT2D eigenvalue weighted by Gasteiger charge is 2.31. The number of carbonyl (C=O) groups is 2. The Morgan fingerprint density at radius 1 is 1.12 bits per heavy atom. The van der Waals surface area contributed by atoms with Crippen molar-refractivity contribution in [2.75, 3.05) is 5.32 Å². The van der Waals surface area contributed by atoms with E-state index in [9.17, 15) is 9.59 Å². The van der Waals surface area contributed by atoms with Gasteiger partial charge in [0.05, 0.1) is 18.2 Å². The van der Waals surface area contributed by atoms with Crippen LogP contribution in [0.4, 0.5) is 5.69 Å². The number of aryl methyl sites for hydroxylation is 3. The molecule has 32 heavy (non-hydrogen) atoms. The monoisotopic (exact) mass is 434 g/mol. The normalized spacial score (nSPS) is 15.3. The Kier molecular flexibility index (Phi) is 6.39. The molecule has 0 bridgehead atoms. The van der Waals surface area contributed by atoms with Gasteiger partial charge in [0.25, 0.3) is 5.91 Å². The molecule has 1 aliphatic carbocycles. The second kappa shape index (κ2) is 9.38. The zero-order chi connectivity index (χ0) is 22.7. The number of aromatic amines is 1. The summed E-state index contributed by atoms with van der Waals surface area (Å²) >= 11 is 0. The number of aromatic nitrogens is 4. The van der Waals surface area contributed by atoms with E-state index < -0.39 is 6.04 Å². The van der Waals surface area contributed by atoms with Crippen LogP contribution in [-0.2, 0) is 11.8 Å². The maximum Gasteiger partial charge on any atom is 0.270 e. The third kappa shape index (κ3) is 4.59. The van der Waals surface area contributed by atoms with E-state index in [4.69, 9.17) is 0 Å². The highest BCUT2D eigenvalue weighted by Crippen LogP contribution is 2.29. The van der Waals surface area contributed by atoms with Crippen LogP contribution in [0.25, 0.3) is 11.1 Å². The molecule has 3 N–H and O–H groups in total. The van der Waals surface area contributed by atoms with E-state index in [0.717, 1.165) is 48.2 Å². The molecule has 2 aromatic heterocycles. The van der Waals surface area contributed by atoms with E-state index >= 15 is 0 Å². The quantitative estimate of drug-likeness (QED) is 0.550. The first kappa shape index (κ1) is 21.8. The summed E-state index contributed by atoms with van der Waals surface area (Å²) in [7, 11) is 1.77. The van der Waals surface area contributed by atoms with Gasteiger partial charge < -0.3 is 15.2 Å². The number of anilines is 1. The minimum absolute atomic E-state index is 0.122. The van der Waals surface area contributed by atoms with E-state index in [1.54, 1.807) is 17.9 Å². The summed E-state index contributed by atoms with van der Waals surface area (Å²) in [5.41, 5.74) is 5.21. The van der Waals surface area contributed by atoms with Crippen LogP contribution in [0.2, 0.25) is 0 Å². The maximum atomic E-state index is 13.3. The summed E-state index contributed by atoms with van der Waals surface area (Å²) in [4.78, 5) is 30.1. The number of amides is 2. The molecular weight excluding hydrogens is 404 g/mol. The summed E-state index contributed by atoms with van der Waals surface area (Å²) in [6, 6.07) is 7.14. The molecule has 2 amide bonds. The summed E-state index contributed by atoms with van der Waals surface area (Å²) in [6.07, 6.45) is 8.29. The fraction of sp³-hybridized carbons (Fsp3) is 0.417. The van der Waals surface area contributed by atoms with Crippen LogP contribution in [0.5, 0.6) is 0 Å². The minimum Gasteiger partial charge on any atom is -0.339 e. The SMILES string of the molecule is Cc1n[nH]c(C)c1-c1ccc(NC(=O)[C@@H](NC(=O)c2cncn2C)C2CCCCC2)cc1. The second-order valence-electron chi connectivity index (χ2n) is 8.61. The fourth-order valence-electron chi connectivity index (χ4n) is 4.57. The molecule has 4 rings (SSSR count). The van der Waals surface area contributed by atoms with E-state index in [2.05, 4.69) is 25.8 Å². The lowest BCUT2D eigenvalue weighted by Crippen LogP contribution is -2.49. The Balaban J connectivity index is 1.50. The van der Waals surface area contributed by atoms with Gasteiger partial charge in [0.2, 0.25) is 5.91 Å². The van der Waals surface area contributed by atoms with Crippen molar-refractivity contribution in [2.45, 2.75) is 52.0 Å². The first-order valence-electron chi connectivity index (χ1n) is 11.1. The molecule has 0 spiro atoms. The van der Waals surface area contributed by atoms with E-state index in [1.807, 2.05) is 38.1 Å². The molecule has 2 heterocycles. The average molecular weight is 435 g/mol. The lowest BCUT2D eigenvalue weighted by atomic mass is 9.83. The molecular formula is C24H30N6O2. The Morgan fingerprint density at radius 3 is 2.44 bits per heavy atom. The highest BCUT2D eigenvalue weighted by molar-refractivity contribution is 6.00. The summed E-state index contributed by atoms with van der Waals surface area (Å²) in [6.45, 7) is 3.96. The molecule has 3 aromatic rings. The van der Waals surface area contributed by atoms with Gasteiger partial charge in [0.1, 0.15) is 11.7 Å². The average Bonchev–Trinajstić information content (AvgIpc) is 3.37. The fourth-order valence-corrected chi connectivity index (χ4v) is 4.57. The summed E-state index contributed by atoms with van der Waals surface area (Å²) < 4.78 is 1.66. The number of nitrogens with zero attached hydrogens (tertiary/aromatic N) is 3. The van der Waals surface area contributed by atoms with Gasteiger partial charge in [-0.2, -0.15) is 5.10 Å². The van der Waals surface area contributed by atoms with Gasteiger partial charge >= 0.3 is 0 Å². The van der Waals surface area contributed by atoms with Gasteiger partial charge in [-0.3, -0.25) is 14.7 Å². The third-order valence-electron chi connectivity index (χ3n) is 6.31. The van der Waals surface area contributed by atoms with Crippen LogP contribution in [0.1, 0.15) is 54.0 Å². The third-order valence-corrected chi connectivity index (χ3v) is 6.31. The number of carbonyl (C=O) groups excluding carboxylic acids is 2. The van der Waals surface area contributed by atoms with Crippen molar-refractivity contribution in [1.82, 2.24) is 25.1 Å². The zero-order valence-corrected chi connectivity index (χ0v) is 18.8. The lowest BCUT2D eigenvalue weighted by Gasteiger charge is -2.30. The molecule has 168 valence electrons. The predicted molar refractivity (Wildman–Crippen MR) is 123 cm³/mol. The van der Waals surface area contributed by atoms with Crippen molar-refractivity contribution in [3.8, 4) is 11.1 Å². The van der Waals surface area contributed by atoms with Crippen LogP contribution in [0.3, 0.4) is 0 Å². The topological polar surface area (TPSA) is 105 Å². The lowest BCUT2D eigenvalue weighted by molar-refractivity contribution is -0.119. The van der Waals surface area contributed by atoms with E-state index in [0.29, 0.717) is 11.4 Å². The number of hydrogen-bond donors (Lipinski definition) is 3. The number of hydrogen-bond acceptors (Lipinski definition) is 4. The Labute approximate surface area is 187 Å². The molecule has 0 radical (unpaired) electrons. The molecule has 0 aliphatic heterocycles.